The van der Waals surface area contributed by atoms with Gasteiger partial charge in [0.15, 0.2) is 11.6 Å². The summed E-state index contributed by atoms with van der Waals surface area (Å²) in [5, 5.41) is 0. The van der Waals surface area contributed by atoms with Gasteiger partial charge in [-0.25, -0.2) is 18.2 Å². The fraction of sp³-hybridized carbons (Fsp3) is 0.158. The van der Waals surface area contributed by atoms with Crippen LogP contribution in [0, 0.1) is 17.7 Å². The van der Waals surface area contributed by atoms with Crippen molar-refractivity contribution in [3.05, 3.63) is 79.1 Å². The first-order chi connectivity index (χ1) is 13.8. The van der Waals surface area contributed by atoms with Crippen molar-refractivity contribution in [1.29, 1.82) is 0 Å². The lowest BCUT2D eigenvalue weighted by atomic mass is 10.1. The Labute approximate surface area is 171 Å². The molecule has 0 aromatic carbocycles. The van der Waals surface area contributed by atoms with Gasteiger partial charge in [-0.15, -0.1) is 11.3 Å². The summed E-state index contributed by atoms with van der Waals surface area (Å²) in [6, 6.07) is 2.36. The Hall–Kier alpha value is -2.96. The van der Waals surface area contributed by atoms with Gasteiger partial charge >= 0.3 is 0 Å². The molecule has 0 unspecified atom stereocenters. The Bertz CT molecular complexity index is 1170. The summed E-state index contributed by atoms with van der Waals surface area (Å²) in [7, 11) is 0. The molecule has 3 heterocycles. The molecular formula is C19H11ClF3N3O2S. The number of carbonyl (C=O) groups is 1. The minimum Gasteiger partial charge on any atom is -0.307 e. The van der Waals surface area contributed by atoms with Crippen molar-refractivity contribution in [2.45, 2.75) is 19.4 Å². The molecule has 148 valence electrons. The molecule has 0 N–H and O–H groups in total. The summed E-state index contributed by atoms with van der Waals surface area (Å²) in [5.41, 5.74) is -0.217. The van der Waals surface area contributed by atoms with Gasteiger partial charge in [0.2, 0.25) is 0 Å². The summed E-state index contributed by atoms with van der Waals surface area (Å²) in [5.74, 6) is 3.96. The van der Waals surface area contributed by atoms with Gasteiger partial charge in [0.1, 0.15) is 10.0 Å². The first kappa shape index (κ1) is 20.8. The molecule has 0 bridgehead atoms. The summed E-state index contributed by atoms with van der Waals surface area (Å²) in [6.45, 7) is -0.954. The molecule has 0 atom stereocenters. The molecule has 0 saturated carbocycles. The van der Waals surface area contributed by atoms with Gasteiger partial charge in [0.25, 0.3) is 12.0 Å². The maximum absolute atomic E-state index is 13.7. The van der Waals surface area contributed by atoms with Crippen LogP contribution in [0.5, 0.6) is 0 Å². The van der Waals surface area contributed by atoms with Crippen molar-refractivity contribution in [1.82, 2.24) is 14.5 Å². The van der Waals surface area contributed by atoms with Crippen molar-refractivity contribution in [3.63, 3.8) is 0 Å². The third kappa shape index (κ3) is 5.31. The monoisotopic (exact) mass is 437 g/mol. The molecule has 0 spiro atoms. The zero-order valence-electron chi connectivity index (χ0n) is 14.5. The van der Waals surface area contributed by atoms with Crippen LogP contribution >= 0.6 is 22.9 Å². The molecule has 0 aliphatic carbocycles. The molecule has 29 heavy (non-hydrogen) atoms. The zero-order valence-corrected chi connectivity index (χ0v) is 16.1. The maximum Gasteiger partial charge on any atom is 0.286 e. The molecule has 3 rings (SSSR count). The quantitative estimate of drug-likeness (QED) is 0.452. The Morgan fingerprint density at radius 2 is 2.07 bits per heavy atom. The maximum atomic E-state index is 13.7. The highest BCUT2D eigenvalue weighted by atomic mass is 35.5. The summed E-state index contributed by atoms with van der Waals surface area (Å²) < 4.78 is 39.7. The predicted octanol–water partition coefficient (Wildman–Crippen LogP) is 3.58. The van der Waals surface area contributed by atoms with Gasteiger partial charge in [-0.2, -0.15) is 0 Å². The van der Waals surface area contributed by atoms with Crippen LogP contribution in [0.1, 0.15) is 26.5 Å². The highest BCUT2D eigenvalue weighted by molar-refractivity contribution is 7.18. The van der Waals surface area contributed by atoms with Crippen molar-refractivity contribution in [3.8, 4) is 11.8 Å². The Kier molecular flexibility index (Phi) is 6.46. The van der Waals surface area contributed by atoms with Crippen LogP contribution in [0.4, 0.5) is 13.2 Å². The molecule has 0 radical (unpaired) electrons. The first-order valence-electron chi connectivity index (χ1n) is 8.11. The summed E-state index contributed by atoms with van der Waals surface area (Å²) in [6.07, 6.45) is 2.41. The van der Waals surface area contributed by atoms with E-state index in [4.69, 9.17) is 11.6 Å². The van der Waals surface area contributed by atoms with E-state index in [9.17, 15) is 22.8 Å². The highest BCUT2D eigenvalue weighted by Crippen LogP contribution is 2.28. The summed E-state index contributed by atoms with van der Waals surface area (Å²) >= 11 is 7.12. The van der Waals surface area contributed by atoms with Crippen molar-refractivity contribution in [2.24, 2.45) is 0 Å². The van der Waals surface area contributed by atoms with Crippen LogP contribution in [0.3, 0.4) is 0 Å². The lowest BCUT2D eigenvalue weighted by Gasteiger charge is -2.08. The number of Topliss-reactive ketones (excluding diaryl/α,β-unsaturated/α-hetero) is 1. The minimum absolute atomic E-state index is 0.101. The third-order valence-corrected chi connectivity index (χ3v) is 5.05. The number of hydrogen-bond donors (Lipinski definition) is 0. The summed E-state index contributed by atoms with van der Waals surface area (Å²) in [4.78, 5) is 32.2. The second-order valence-corrected chi connectivity index (χ2v) is 7.44. The van der Waals surface area contributed by atoms with E-state index >= 15 is 0 Å². The first-order valence-corrected chi connectivity index (χ1v) is 9.30. The Morgan fingerprint density at radius 3 is 2.76 bits per heavy atom. The van der Waals surface area contributed by atoms with Gasteiger partial charge < -0.3 is 4.57 Å². The normalized spacial score (nSPS) is 10.7. The number of alkyl halides is 2. The van der Waals surface area contributed by atoms with E-state index in [1.54, 1.807) is 0 Å². The largest absolute Gasteiger partial charge is 0.307 e. The number of nitrogens with zero attached hydrogens (tertiary/aromatic N) is 3. The van der Waals surface area contributed by atoms with Crippen LogP contribution < -0.4 is 5.56 Å². The molecule has 0 aliphatic rings. The standard InChI is InChI=1S/C19H11ClF3N3O2S/c20-18-12(1-2-13-8-24-3-4-25-13)7-16(29-18)15(27)6-11-5-14(21)19(28)26(9-11)10-17(22)23/h3-5,7-9,17H,6,10H2. The predicted molar refractivity (Wildman–Crippen MR) is 102 cm³/mol. The smallest absolute Gasteiger partial charge is 0.286 e. The molecule has 5 nitrogen and oxygen atoms in total. The number of rotatable bonds is 5. The molecule has 0 fully saturated rings. The van der Waals surface area contributed by atoms with Crippen LogP contribution in [-0.2, 0) is 13.0 Å². The van der Waals surface area contributed by atoms with Crippen LogP contribution in [0.15, 0.2) is 41.7 Å². The number of hydrogen-bond acceptors (Lipinski definition) is 5. The third-order valence-electron chi connectivity index (χ3n) is 3.65. The van der Waals surface area contributed by atoms with E-state index in [1.807, 2.05) is 0 Å². The van der Waals surface area contributed by atoms with Crippen LogP contribution in [0.2, 0.25) is 4.34 Å². The van der Waals surface area contributed by atoms with Crippen molar-refractivity contribution in [2.75, 3.05) is 0 Å². The lowest BCUT2D eigenvalue weighted by molar-refractivity contribution is 0.0996. The van der Waals surface area contributed by atoms with E-state index in [1.165, 1.54) is 24.7 Å². The van der Waals surface area contributed by atoms with E-state index in [2.05, 4.69) is 21.8 Å². The number of halogens is 4. The lowest BCUT2D eigenvalue weighted by Crippen LogP contribution is -2.26. The highest BCUT2D eigenvalue weighted by Gasteiger charge is 2.16. The van der Waals surface area contributed by atoms with Gasteiger partial charge in [0, 0.05) is 25.0 Å². The topological polar surface area (TPSA) is 64.8 Å². The molecule has 3 aromatic rings. The van der Waals surface area contributed by atoms with Gasteiger partial charge in [-0.05, 0) is 23.6 Å². The van der Waals surface area contributed by atoms with Gasteiger partial charge in [-0.3, -0.25) is 14.6 Å². The number of pyridine rings is 1. The Balaban J connectivity index is 1.81. The number of aromatic nitrogens is 3. The van der Waals surface area contributed by atoms with Crippen molar-refractivity contribution < 1.29 is 18.0 Å². The van der Waals surface area contributed by atoms with Gasteiger partial charge in [0.05, 0.1) is 23.2 Å². The number of thiophene rings is 1. The molecule has 10 heteroatoms. The van der Waals surface area contributed by atoms with Crippen molar-refractivity contribution >= 4 is 28.7 Å². The SMILES string of the molecule is O=C(Cc1cc(F)c(=O)n(CC(F)F)c1)c1cc(C#Cc2cnccn2)c(Cl)s1. The fourth-order valence-electron chi connectivity index (χ4n) is 2.40. The molecule has 0 amide bonds. The fourth-order valence-corrected chi connectivity index (χ4v) is 3.52. The average Bonchev–Trinajstić information content (AvgIpc) is 3.05. The minimum atomic E-state index is -2.83. The molecule has 0 saturated heterocycles. The van der Waals surface area contributed by atoms with Crippen LogP contribution in [0.25, 0.3) is 0 Å². The van der Waals surface area contributed by atoms with E-state index < -0.39 is 30.1 Å². The van der Waals surface area contributed by atoms with E-state index in [0.29, 0.717) is 20.2 Å². The molecule has 3 aromatic heterocycles. The second kappa shape index (κ2) is 9.03. The number of carbonyl (C=O) groups excluding carboxylic acids is 1. The number of ketones is 1. The van der Waals surface area contributed by atoms with Crippen LogP contribution in [-0.4, -0.2) is 26.7 Å². The van der Waals surface area contributed by atoms with E-state index in [0.717, 1.165) is 23.6 Å². The Morgan fingerprint density at radius 1 is 1.28 bits per heavy atom. The molecular weight excluding hydrogens is 427 g/mol. The molecule has 0 aliphatic heterocycles. The second-order valence-electron chi connectivity index (χ2n) is 5.78. The van der Waals surface area contributed by atoms with E-state index in [-0.39, 0.29) is 16.9 Å². The van der Waals surface area contributed by atoms with Gasteiger partial charge in [-0.1, -0.05) is 17.5 Å². The zero-order chi connectivity index (χ0) is 21.0. The average molecular weight is 438 g/mol.